The average molecular weight is 267 g/mol. The predicted molar refractivity (Wildman–Crippen MR) is 79.0 cm³/mol. The first kappa shape index (κ1) is 14.0. The van der Waals surface area contributed by atoms with Crippen LogP contribution in [-0.4, -0.2) is 49.1 Å². The van der Waals surface area contributed by atoms with Crippen LogP contribution in [0.3, 0.4) is 0 Å². The van der Waals surface area contributed by atoms with Crippen molar-refractivity contribution in [3.8, 4) is 0 Å². The molecule has 1 aliphatic heterocycles. The first-order chi connectivity index (χ1) is 8.59. The smallest absolute Gasteiger partial charge is 0.0504 e. The molecule has 1 aromatic rings. The maximum absolute atomic E-state index is 6.21. The highest BCUT2D eigenvalue weighted by molar-refractivity contribution is 7.07. The van der Waals surface area contributed by atoms with Crippen LogP contribution in [0.1, 0.15) is 31.4 Å². The number of likely N-dealkylation sites (tertiary alicyclic amines) is 1. The number of nitrogens with two attached hydrogens (primary N) is 1. The maximum Gasteiger partial charge on any atom is 0.0504 e. The van der Waals surface area contributed by atoms with Crippen LogP contribution in [0, 0.1) is 0 Å². The van der Waals surface area contributed by atoms with Gasteiger partial charge in [-0.05, 0) is 56.3 Å². The van der Waals surface area contributed by atoms with E-state index in [4.69, 9.17) is 5.73 Å². The fraction of sp³-hybridized carbons (Fsp3) is 0.714. The molecule has 0 aliphatic carbocycles. The molecule has 102 valence electrons. The summed E-state index contributed by atoms with van der Waals surface area (Å²) in [5.74, 6) is 0. The number of thiophene rings is 1. The van der Waals surface area contributed by atoms with Crippen molar-refractivity contribution in [1.29, 1.82) is 0 Å². The summed E-state index contributed by atoms with van der Waals surface area (Å²) in [6.07, 6.45) is 2.50. The summed E-state index contributed by atoms with van der Waals surface area (Å²) in [6.45, 7) is 4.44. The summed E-state index contributed by atoms with van der Waals surface area (Å²) in [4.78, 5) is 4.91. The number of piperidine rings is 1. The summed E-state index contributed by atoms with van der Waals surface area (Å²) < 4.78 is 0. The van der Waals surface area contributed by atoms with Crippen LogP contribution in [0.5, 0.6) is 0 Å². The first-order valence-electron chi connectivity index (χ1n) is 6.77. The lowest BCUT2D eigenvalue weighted by Crippen LogP contribution is -2.47. The van der Waals surface area contributed by atoms with Gasteiger partial charge in [-0.3, -0.25) is 4.90 Å². The lowest BCUT2D eigenvalue weighted by molar-refractivity contribution is 0.0984. The van der Waals surface area contributed by atoms with E-state index in [1.54, 1.807) is 11.3 Å². The lowest BCUT2D eigenvalue weighted by Gasteiger charge is -2.40. The van der Waals surface area contributed by atoms with Gasteiger partial charge in [0, 0.05) is 25.2 Å². The molecule has 1 saturated heterocycles. The van der Waals surface area contributed by atoms with Crippen molar-refractivity contribution in [1.82, 2.24) is 9.80 Å². The van der Waals surface area contributed by atoms with Crippen LogP contribution in [-0.2, 0) is 0 Å². The van der Waals surface area contributed by atoms with Crippen LogP contribution < -0.4 is 5.73 Å². The van der Waals surface area contributed by atoms with Gasteiger partial charge in [0.25, 0.3) is 0 Å². The van der Waals surface area contributed by atoms with Crippen molar-refractivity contribution in [2.24, 2.45) is 5.73 Å². The molecule has 1 aromatic heterocycles. The largest absolute Gasteiger partial charge is 0.326 e. The SMILES string of the molecule is CC(N)C(c1ccsc1)N1CCC(N(C)C)CC1. The third-order valence-corrected chi connectivity index (χ3v) is 4.71. The minimum atomic E-state index is 0.190. The summed E-state index contributed by atoms with van der Waals surface area (Å²) in [7, 11) is 4.37. The molecule has 18 heavy (non-hydrogen) atoms. The van der Waals surface area contributed by atoms with Gasteiger partial charge in [-0.15, -0.1) is 0 Å². The van der Waals surface area contributed by atoms with Crippen LogP contribution in [0.15, 0.2) is 16.8 Å². The molecule has 2 heterocycles. The Hall–Kier alpha value is -0.420. The monoisotopic (exact) mass is 267 g/mol. The van der Waals surface area contributed by atoms with Crippen LogP contribution in [0.2, 0.25) is 0 Å². The Morgan fingerprint density at radius 2 is 2.06 bits per heavy atom. The molecule has 0 radical (unpaired) electrons. The molecule has 4 heteroatoms. The fourth-order valence-corrected chi connectivity index (χ4v) is 3.66. The van der Waals surface area contributed by atoms with E-state index >= 15 is 0 Å². The van der Waals surface area contributed by atoms with Crippen molar-refractivity contribution < 1.29 is 0 Å². The van der Waals surface area contributed by atoms with E-state index in [1.165, 1.54) is 18.4 Å². The van der Waals surface area contributed by atoms with Gasteiger partial charge in [0.2, 0.25) is 0 Å². The third kappa shape index (κ3) is 3.12. The van der Waals surface area contributed by atoms with Crippen molar-refractivity contribution in [3.05, 3.63) is 22.4 Å². The lowest BCUT2D eigenvalue weighted by atomic mass is 9.96. The molecular weight excluding hydrogens is 242 g/mol. The van der Waals surface area contributed by atoms with Crippen LogP contribution in [0.25, 0.3) is 0 Å². The highest BCUT2D eigenvalue weighted by Crippen LogP contribution is 2.29. The fourth-order valence-electron chi connectivity index (χ4n) is 2.97. The molecule has 2 N–H and O–H groups in total. The van der Waals surface area contributed by atoms with Gasteiger partial charge in [-0.2, -0.15) is 11.3 Å². The third-order valence-electron chi connectivity index (χ3n) is 4.01. The van der Waals surface area contributed by atoms with Gasteiger partial charge in [-0.1, -0.05) is 0 Å². The second kappa shape index (κ2) is 6.15. The normalized spacial score (nSPS) is 22.3. The molecule has 3 nitrogen and oxygen atoms in total. The van der Waals surface area contributed by atoms with Gasteiger partial charge in [0.15, 0.2) is 0 Å². The van der Waals surface area contributed by atoms with Crippen molar-refractivity contribution in [3.63, 3.8) is 0 Å². The van der Waals surface area contributed by atoms with Crippen molar-refractivity contribution in [2.45, 2.75) is 37.9 Å². The highest BCUT2D eigenvalue weighted by atomic mass is 32.1. The number of hydrogen-bond acceptors (Lipinski definition) is 4. The Morgan fingerprint density at radius 1 is 1.39 bits per heavy atom. The Bertz CT molecular complexity index is 340. The number of rotatable bonds is 4. The van der Waals surface area contributed by atoms with Gasteiger partial charge >= 0.3 is 0 Å². The van der Waals surface area contributed by atoms with Crippen molar-refractivity contribution in [2.75, 3.05) is 27.2 Å². The predicted octanol–water partition coefficient (Wildman–Crippen LogP) is 2.16. The van der Waals surface area contributed by atoms with E-state index in [2.05, 4.69) is 47.6 Å². The number of nitrogens with zero attached hydrogens (tertiary/aromatic N) is 2. The molecule has 2 unspecified atom stereocenters. The topological polar surface area (TPSA) is 32.5 Å². The van der Waals surface area contributed by atoms with E-state index < -0.39 is 0 Å². The Kier molecular flexibility index (Phi) is 4.78. The molecule has 2 atom stereocenters. The minimum Gasteiger partial charge on any atom is -0.326 e. The highest BCUT2D eigenvalue weighted by Gasteiger charge is 2.29. The van der Waals surface area contributed by atoms with Crippen LogP contribution in [0.4, 0.5) is 0 Å². The summed E-state index contributed by atoms with van der Waals surface area (Å²) >= 11 is 1.76. The zero-order chi connectivity index (χ0) is 13.1. The van der Waals surface area contributed by atoms with E-state index in [0.29, 0.717) is 6.04 Å². The van der Waals surface area contributed by atoms with Crippen molar-refractivity contribution >= 4 is 11.3 Å². The van der Waals surface area contributed by atoms with Gasteiger partial charge in [0.1, 0.15) is 0 Å². The second-order valence-corrected chi connectivity index (χ2v) is 6.37. The molecule has 1 fully saturated rings. The minimum absolute atomic E-state index is 0.190. The second-order valence-electron chi connectivity index (χ2n) is 5.59. The standard InChI is InChI=1S/C14H25N3S/c1-11(15)14(12-6-9-18-10-12)17-7-4-13(5-8-17)16(2)3/h6,9-11,13-14H,4-5,7-8,15H2,1-3H3. The number of hydrogen-bond donors (Lipinski definition) is 1. The van der Waals surface area contributed by atoms with Crippen LogP contribution >= 0.6 is 11.3 Å². The summed E-state index contributed by atoms with van der Waals surface area (Å²) in [5.41, 5.74) is 7.59. The summed E-state index contributed by atoms with van der Waals surface area (Å²) in [6, 6.07) is 3.53. The van der Waals surface area contributed by atoms with Gasteiger partial charge in [-0.25, -0.2) is 0 Å². The Morgan fingerprint density at radius 3 is 2.50 bits per heavy atom. The molecular formula is C14H25N3S. The van der Waals surface area contributed by atoms with E-state index in [1.807, 2.05) is 0 Å². The Balaban J connectivity index is 2.02. The Labute approximate surface area is 115 Å². The molecule has 0 saturated carbocycles. The first-order valence-corrected chi connectivity index (χ1v) is 7.72. The maximum atomic E-state index is 6.21. The summed E-state index contributed by atoms with van der Waals surface area (Å²) in [5, 5.41) is 4.39. The van der Waals surface area contributed by atoms with Gasteiger partial charge in [0.05, 0.1) is 6.04 Å². The van der Waals surface area contributed by atoms with E-state index in [-0.39, 0.29) is 6.04 Å². The zero-order valence-corrected chi connectivity index (χ0v) is 12.5. The van der Waals surface area contributed by atoms with Gasteiger partial charge < -0.3 is 10.6 Å². The quantitative estimate of drug-likeness (QED) is 0.907. The molecule has 2 rings (SSSR count). The van der Waals surface area contributed by atoms with E-state index in [9.17, 15) is 0 Å². The molecule has 0 spiro atoms. The zero-order valence-electron chi connectivity index (χ0n) is 11.7. The van der Waals surface area contributed by atoms with E-state index in [0.717, 1.165) is 19.1 Å². The molecule has 0 aromatic carbocycles. The average Bonchev–Trinajstić information content (AvgIpc) is 2.83. The molecule has 1 aliphatic rings. The molecule has 0 bridgehead atoms. The molecule has 0 amide bonds.